The van der Waals surface area contributed by atoms with E-state index in [1.165, 1.54) is 4.88 Å². The zero-order chi connectivity index (χ0) is 13.4. The normalized spacial score (nSPS) is 13.3. The molecule has 1 aromatic heterocycles. The second-order valence-electron chi connectivity index (χ2n) is 4.63. The highest BCUT2D eigenvalue weighted by Crippen LogP contribution is 2.39. The molecule has 0 bridgehead atoms. The fourth-order valence-corrected chi connectivity index (χ4v) is 3.80. The number of rotatable bonds is 3. The number of anilines is 1. The average molecular weight is 273 g/mol. The molecular formula is C15H15NO2S. The van der Waals surface area contributed by atoms with Crippen molar-refractivity contribution < 1.29 is 9.53 Å². The van der Waals surface area contributed by atoms with Gasteiger partial charge in [-0.2, -0.15) is 0 Å². The predicted molar refractivity (Wildman–Crippen MR) is 77.2 cm³/mol. The monoisotopic (exact) mass is 273 g/mol. The summed E-state index contributed by atoms with van der Waals surface area (Å²) in [5.74, 6) is 0.583. The van der Waals surface area contributed by atoms with Crippen LogP contribution in [-0.4, -0.2) is 12.9 Å². The molecule has 0 radical (unpaired) electrons. The molecule has 0 saturated heterocycles. The van der Waals surface area contributed by atoms with Crippen molar-refractivity contribution in [3.63, 3.8) is 0 Å². The maximum absolute atomic E-state index is 12.7. The Hall–Kier alpha value is -1.81. The summed E-state index contributed by atoms with van der Waals surface area (Å²) in [6.07, 6.45) is 3.12. The van der Waals surface area contributed by atoms with Gasteiger partial charge in [0, 0.05) is 4.88 Å². The fourth-order valence-electron chi connectivity index (χ4n) is 2.64. The first-order chi connectivity index (χ1) is 9.22. The number of ether oxygens (including phenoxy) is 1. The molecule has 0 saturated carbocycles. The lowest BCUT2D eigenvalue weighted by Gasteiger charge is -2.08. The minimum absolute atomic E-state index is 0.0191. The summed E-state index contributed by atoms with van der Waals surface area (Å²) in [5, 5.41) is 0.639. The summed E-state index contributed by atoms with van der Waals surface area (Å²) in [7, 11) is 1.58. The fraction of sp³-hybridized carbons (Fsp3) is 0.267. The van der Waals surface area contributed by atoms with Gasteiger partial charge in [-0.25, -0.2) is 0 Å². The highest BCUT2D eigenvalue weighted by molar-refractivity contribution is 7.16. The number of carbonyl (C=O) groups is 1. The molecule has 98 valence electrons. The third kappa shape index (κ3) is 1.92. The Morgan fingerprint density at radius 2 is 2.11 bits per heavy atom. The molecule has 1 aromatic carbocycles. The third-order valence-electron chi connectivity index (χ3n) is 3.53. The van der Waals surface area contributed by atoms with E-state index >= 15 is 0 Å². The number of para-hydroxylation sites is 1. The lowest BCUT2D eigenvalue weighted by molar-refractivity contribution is 0.103. The van der Waals surface area contributed by atoms with Crippen LogP contribution in [0.5, 0.6) is 5.75 Å². The predicted octanol–water partition coefficient (Wildman–Crippen LogP) is 3.06. The molecular weight excluding hydrogens is 258 g/mol. The van der Waals surface area contributed by atoms with Crippen LogP contribution in [0.25, 0.3) is 0 Å². The molecule has 3 rings (SSSR count). The first-order valence-electron chi connectivity index (χ1n) is 6.30. The number of ketones is 1. The van der Waals surface area contributed by atoms with Gasteiger partial charge in [-0.05, 0) is 37.0 Å². The van der Waals surface area contributed by atoms with E-state index in [2.05, 4.69) is 0 Å². The zero-order valence-corrected chi connectivity index (χ0v) is 11.5. The van der Waals surface area contributed by atoms with E-state index in [4.69, 9.17) is 10.5 Å². The van der Waals surface area contributed by atoms with Crippen molar-refractivity contribution in [1.29, 1.82) is 0 Å². The van der Waals surface area contributed by atoms with Gasteiger partial charge in [0.25, 0.3) is 0 Å². The van der Waals surface area contributed by atoms with Gasteiger partial charge in [-0.3, -0.25) is 4.79 Å². The average Bonchev–Trinajstić information content (AvgIpc) is 2.97. The smallest absolute Gasteiger partial charge is 0.199 e. The van der Waals surface area contributed by atoms with Gasteiger partial charge in [0.15, 0.2) is 5.78 Å². The topological polar surface area (TPSA) is 52.3 Å². The van der Waals surface area contributed by atoms with E-state index in [0.717, 1.165) is 24.8 Å². The Balaban J connectivity index is 2.10. The first-order valence-corrected chi connectivity index (χ1v) is 7.11. The van der Waals surface area contributed by atoms with Crippen molar-refractivity contribution in [3.05, 3.63) is 45.8 Å². The maximum Gasteiger partial charge on any atom is 0.199 e. The van der Waals surface area contributed by atoms with Gasteiger partial charge in [-0.15, -0.1) is 11.3 Å². The first kappa shape index (κ1) is 12.2. The molecule has 2 N–H and O–H groups in total. The van der Waals surface area contributed by atoms with Crippen molar-refractivity contribution in [2.45, 2.75) is 19.3 Å². The van der Waals surface area contributed by atoms with Gasteiger partial charge >= 0.3 is 0 Å². The molecule has 3 nitrogen and oxygen atoms in total. The van der Waals surface area contributed by atoms with Gasteiger partial charge in [-0.1, -0.05) is 12.1 Å². The summed E-state index contributed by atoms with van der Waals surface area (Å²) in [4.78, 5) is 14.0. The van der Waals surface area contributed by atoms with Crippen molar-refractivity contribution >= 4 is 22.1 Å². The lowest BCUT2D eigenvalue weighted by Crippen LogP contribution is -2.07. The Kier molecular flexibility index (Phi) is 3.03. The molecule has 19 heavy (non-hydrogen) atoms. The number of thiophene rings is 1. The summed E-state index contributed by atoms with van der Waals surface area (Å²) < 4.78 is 5.27. The Morgan fingerprint density at radius 1 is 1.32 bits per heavy atom. The van der Waals surface area contributed by atoms with E-state index in [1.54, 1.807) is 30.6 Å². The summed E-state index contributed by atoms with van der Waals surface area (Å²) in [5.41, 5.74) is 8.47. The molecule has 0 unspecified atom stereocenters. The molecule has 1 aliphatic carbocycles. The zero-order valence-electron chi connectivity index (χ0n) is 10.7. The SMILES string of the molecule is COc1ccccc1C(=O)c1c(N)sc2c1CCC2. The Labute approximate surface area is 116 Å². The maximum atomic E-state index is 12.7. The second kappa shape index (κ2) is 4.70. The minimum Gasteiger partial charge on any atom is -0.496 e. The van der Waals surface area contributed by atoms with Crippen LogP contribution in [0, 0.1) is 0 Å². The van der Waals surface area contributed by atoms with Crippen LogP contribution in [0.15, 0.2) is 24.3 Å². The van der Waals surface area contributed by atoms with Crippen LogP contribution in [0.1, 0.15) is 32.8 Å². The number of nitrogens with two attached hydrogens (primary N) is 1. The molecule has 0 aliphatic heterocycles. The highest BCUT2D eigenvalue weighted by atomic mass is 32.1. The number of methoxy groups -OCH3 is 1. The van der Waals surface area contributed by atoms with Crippen molar-refractivity contribution in [1.82, 2.24) is 0 Å². The molecule has 1 heterocycles. The molecule has 4 heteroatoms. The summed E-state index contributed by atoms with van der Waals surface area (Å²) in [6.45, 7) is 0. The van der Waals surface area contributed by atoms with Crippen LogP contribution in [-0.2, 0) is 12.8 Å². The van der Waals surface area contributed by atoms with Gasteiger partial charge in [0.1, 0.15) is 5.75 Å². The Morgan fingerprint density at radius 3 is 2.89 bits per heavy atom. The van der Waals surface area contributed by atoms with E-state index in [-0.39, 0.29) is 5.78 Å². The van der Waals surface area contributed by atoms with E-state index < -0.39 is 0 Å². The second-order valence-corrected chi connectivity index (χ2v) is 5.76. The highest BCUT2D eigenvalue weighted by Gasteiger charge is 2.27. The van der Waals surface area contributed by atoms with E-state index in [0.29, 0.717) is 21.9 Å². The van der Waals surface area contributed by atoms with Crippen molar-refractivity contribution in [2.75, 3.05) is 12.8 Å². The molecule has 0 spiro atoms. The molecule has 0 fully saturated rings. The molecule has 0 amide bonds. The van der Waals surface area contributed by atoms with E-state index in [1.807, 2.05) is 12.1 Å². The standard InChI is InChI=1S/C15H15NO2S/c1-18-11-7-3-2-5-9(11)14(17)13-10-6-4-8-12(10)19-15(13)16/h2-3,5,7H,4,6,8,16H2,1H3. The number of aryl methyl sites for hydroxylation is 1. The van der Waals surface area contributed by atoms with Crippen molar-refractivity contribution in [3.8, 4) is 5.75 Å². The van der Waals surface area contributed by atoms with Crippen molar-refractivity contribution in [2.24, 2.45) is 0 Å². The summed E-state index contributed by atoms with van der Waals surface area (Å²) in [6, 6.07) is 7.30. The van der Waals surface area contributed by atoms with Gasteiger partial charge < -0.3 is 10.5 Å². The number of nitrogen functional groups attached to an aromatic ring is 1. The third-order valence-corrected chi connectivity index (χ3v) is 4.65. The molecule has 2 aromatic rings. The molecule has 0 atom stereocenters. The van der Waals surface area contributed by atoms with Crippen LogP contribution >= 0.6 is 11.3 Å². The number of hydrogen-bond donors (Lipinski definition) is 1. The van der Waals surface area contributed by atoms with Crippen LogP contribution in [0.2, 0.25) is 0 Å². The number of benzene rings is 1. The van der Waals surface area contributed by atoms with Crippen LogP contribution in [0.3, 0.4) is 0 Å². The number of hydrogen-bond acceptors (Lipinski definition) is 4. The molecule has 1 aliphatic rings. The van der Waals surface area contributed by atoms with Crippen LogP contribution < -0.4 is 10.5 Å². The number of carbonyl (C=O) groups excluding carboxylic acids is 1. The summed E-state index contributed by atoms with van der Waals surface area (Å²) >= 11 is 1.56. The van der Waals surface area contributed by atoms with Crippen LogP contribution in [0.4, 0.5) is 5.00 Å². The Bertz CT molecular complexity index is 646. The lowest BCUT2D eigenvalue weighted by atomic mass is 9.99. The van der Waals surface area contributed by atoms with E-state index in [9.17, 15) is 4.79 Å². The van der Waals surface area contributed by atoms with Gasteiger partial charge in [0.2, 0.25) is 0 Å². The minimum atomic E-state index is -0.0191. The largest absolute Gasteiger partial charge is 0.496 e. The quantitative estimate of drug-likeness (QED) is 0.874. The van der Waals surface area contributed by atoms with Gasteiger partial charge in [0.05, 0.1) is 23.2 Å². The number of fused-ring (bicyclic) bond motifs is 1.